The van der Waals surface area contributed by atoms with Crippen LogP contribution in [0.15, 0.2) is 6.07 Å². The van der Waals surface area contributed by atoms with E-state index in [4.69, 9.17) is 15.2 Å². The lowest BCUT2D eigenvalue weighted by Gasteiger charge is -2.23. The quantitative estimate of drug-likeness (QED) is 0.841. The second kappa shape index (κ2) is 6.06. The molecule has 0 unspecified atom stereocenters. The summed E-state index contributed by atoms with van der Waals surface area (Å²) in [6.45, 7) is 7.56. The molecule has 0 aliphatic heterocycles. The van der Waals surface area contributed by atoms with Gasteiger partial charge in [-0.2, -0.15) is 0 Å². The van der Waals surface area contributed by atoms with Crippen LogP contribution >= 0.6 is 11.3 Å². The fourth-order valence-corrected chi connectivity index (χ4v) is 2.05. The van der Waals surface area contributed by atoms with E-state index in [1.807, 2.05) is 20.8 Å². The average molecular weight is 285 g/mol. The van der Waals surface area contributed by atoms with Crippen molar-refractivity contribution in [3.05, 3.63) is 16.5 Å². The predicted octanol–water partition coefficient (Wildman–Crippen LogP) is 2.85. The Bertz CT molecular complexity index is 479. The van der Waals surface area contributed by atoms with Crippen LogP contribution in [0.2, 0.25) is 0 Å². The van der Waals surface area contributed by atoms with Gasteiger partial charge in [0.2, 0.25) is 0 Å². The standard InChI is InChI=1S/C13H19NO4S/c1-5-13(3,4)18-11(15)8-7-9(19-10(8)14)12(16)17-6-2/h7H,5-6,14H2,1-4H3. The zero-order valence-electron chi connectivity index (χ0n) is 11.6. The molecule has 0 aliphatic rings. The van der Waals surface area contributed by atoms with E-state index in [-0.39, 0.29) is 17.2 Å². The summed E-state index contributed by atoms with van der Waals surface area (Å²) in [5.41, 5.74) is 5.40. The van der Waals surface area contributed by atoms with Gasteiger partial charge < -0.3 is 15.2 Å². The van der Waals surface area contributed by atoms with Crippen molar-refractivity contribution in [1.82, 2.24) is 0 Å². The molecule has 1 heterocycles. The van der Waals surface area contributed by atoms with Crippen LogP contribution in [-0.4, -0.2) is 24.1 Å². The maximum atomic E-state index is 12.0. The lowest BCUT2D eigenvalue weighted by atomic mass is 10.1. The minimum absolute atomic E-state index is 0.217. The summed E-state index contributed by atoms with van der Waals surface area (Å²) in [4.78, 5) is 23.8. The summed E-state index contributed by atoms with van der Waals surface area (Å²) < 4.78 is 10.2. The Kier molecular flexibility index (Phi) is 4.94. The third-order valence-electron chi connectivity index (χ3n) is 2.68. The van der Waals surface area contributed by atoms with E-state index in [2.05, 4.69) is 0 Å². The molecule has 19 heavy (non-hydrogen) atoms. The van der Waals surface area contributed by atoms with Gasteiger partial charge in [-0.25, -0.2) is 9.59 Å². The summed E-state index contributed by atoms with van der Waals surface area (Å²) in [6.07, 6.45) is 0.688. The van der Waals surface area contributed by atoms with Crippen LogP contribution in [-0.2, 0) is 9.47 Å². The van der Waals surface area contributed by atoms with Crippen molar-refractivity contribution in [1.29, 1.82) is 0 Å². The molecule has 0 bridgehead atoms. The van der Waals surface area contributed by atoms with Gasteiger partial charge in [-0.3, -0.25) is 0 Å². The molecule has 0 aromatic carbocycles. The fourth-order valence-electron chi connectivity index (χ4n) is 1.25. The van der Waals surface area contributed by atoms with E-state index in [0.717, 1.165) is 11.3 Å². The number of hydrogen-bond acceptors (Lipinski definition) is 6. The topological polar surface area (TPSA) is 78.6 Å². The summed E-state index contributed by atoms with van der Waals surface area (Å²) in [7, 11) is 0. The molecule has 0 saturated carbocycles. The molecule has 5 nitrogen and oxygen atoms in total. The maximum Gasteiger partial charge on any atom is 0.348 e. The van der Waals surface area contributed by atoms with E-state index < -0.39 is 17.5 Å². The van der Waals surface area contributed by atoms with Gasteiger partial charge in [0, 0.05) is 0 Å². The molecule has 0 spiro atoms. The van der Waals surface area contributed by atoms with Crippen LogP contribution in [0.3, 0.4) is 0 Å². The molecular formula is C13H19NO4S. The molecule has 1 aromatic heterocycles. The van der Waals surface area contributed by atoms with Crippen LogP contribution in [0.5, 0.6) is 0 Å². The first-order chi connectivity index (χ1) is 8.80. The molecular weight excluding hydrogens is 266 g/mol. The lowest BCUT2D eigenvalue weighted by Crippen LogP contribution is -2.27. The van der Waals surface area contributed by atoms with Crippen molar-refractivity contribution < 1.29 is 19.1 Å². The molecule has 1 aromatic rings. The van der Waals surface area contributed by atoms with Crippen LogP contribution in [0.4, 0.5) is 5.00 Å². The molecule has 0 amide bonds. The molecule has 2 N–H and O–H groups in total. The van der Waals surface area contributed by atoms with Gasteiger partial charge >= 0.3 is 11.9 Å². The average Bonchev–Trinajstić information content (AvgIpc) is 2.71. The third kappa shape index (κ3) is 3.96. The second-order valence-electron chi connectivity index (χ2n) is 4.61. The van der Waals surface area contributed by atoms with E-state index in [1.165, 1.54) is 6.07 Å². The molecule has 0 atom stereocenters. The van der Waals surface area contributed by atoms with Gasteiger partial charge in [0.25, 0.3) is 0 Å². The van der Waals surface area contributed by atoms with Gasteiger partial charge in [-0.15, -0.1) is 11.3 Å². The smallest absolute Gasteiger partial charge is 0.348 e. The minimum Gasteiger partial charge on any atom is -0.462 e. The van der Waals surface area contributed by atoms with Crippen molar-refractivity contribution in [2.75, 3.05) is 12.3 Å². The van der Waals surface area contributed by atoms with Gasteiger partial charge in [0.15, 0.2) is 0 Å². The highest BCUT2D eigenvalue weighted by molar-refractivity contribution is 7.18. The fraction of sp³-hybridized carbons (Fsp3) is 0.538. The van der Waals surface area contributed by atoms with Crippen molar-refractivity contribution in [2.24, 2.45) is 0 Å². The Balaban J connectivity index is 2.90. The highest BCUT2D eigenvalue weighted by Gasteiger charge is 2.25. The third-order valence-corrected chi connectivity index (χ3v) is 3.62. The zero-order chi connectivity index (χ0) is 14.6. The van der Waals surface area contributed by atoms with Gasteiger partial charge in [-0.05, 0) is 33.3 Å². The number of anilines is 1. The van der Waals surface area contributed by atoms with Gasteiger partial charge in [0.1, 0.15) is 15.5 Å². The van der Waals surface area contributed by atoms with Crippen LogP contribution in [0, 0.1) is 0 Å². The number of esters is 2. The van der Waals surface area contributed by atoms with Crippen molar-refractivity contribution in [3.63, 3.8) is 0 Å². The highest BCUT2D eigenvalue weighted by atomic mass is 32.1. The number of nitrogen functional groups attached to an aromatic ring is 1. The first-order valence-corrected chi connectivity index (χ1v) is 6.92. The molecule has 0 fully saturated rings. The summed E-state index contributed by atoms with van der Waals surface area (Å²) >= 11 is 1.03. The summed E-state index contributed by atoms with van der Waals surface area (Å²) in [5, 5.41) is 0.264. The van der Waals surface area contributed by atoms with E-state index in [1.54, 1.807) is 6.92 Å². The monoisotopic (exact) mass is 285 g/mol. The summed E-state index contributed by atoms with van der Waals surface area (Å²) in [5.74, 6) is -0.996. The van der Waals surface area contributed by atoms with E-state index in [0.29, 0.717) is 11.3 Å². The predicted molar refractivity (Wildman–Crippen MR) is 74.5 cm³/mol. The maximum absolute atomic E-state index is 12.0. The molecule has 106 valence electrons. The number of carbonyl (C=O) groups excluding carboxylic acids is 2. The zero-order valence-corrected chi connectivity index (χ0v) is 12.4. The van der Waals surface area contributed by atoms with E-state index in [9.17, 15) is 9.59 Å². The Morgan fingerprint density at radius 1 is 1.32 bits per heavy atom. The molecule has 0 radical (unpaired) electrons. The van der Waals surface area contributed by atoms with Crippen molar-refractivity contribution >= 4 is 28.3 Å². The van der Waals surface area contributed by atoms with Crippen molar-refractivity contribution in [2.45, 2.75) is 39.7 Å². The van der Waals surface area contributed by atoms with Crippen molar-refractivity contribution in [3.8, 4) is 0 Å². The summed E-state index contributed by atoms with van der Waals surface area (Å²) in [6, 6.07) is 1.42. The molecule has 6 heteroatoms. The first kappa shape index (κ1) is 15.5. The highest BCUT2D eigenvalue weighted by Crippen LogP contribution is 2.28. The number of nitrogens with two attached hydrogens (primary N) is 1. The molecule has 1 rings (SSSR count). The van der Waals surface area contributed by atoms with Gasteiger partial charge in [0.05, 0.1) is 12.2 Å². The number of ether oxygens (including phenoxy) is 2. The van der Waals surface area contributed by atoms with Gasteiger partial charge in [-0.1, -0.05) is 6.92 Å². The minimum atomic E-state index is -0.560. The van der Waals surface area contributed by atoms with Crippen LogP contribution in [0.1, 0.15) is 54.1 Å². The number of carbonyl (C=O) groups is 2. The second-order valence-corrected chi connectivity index (χ2v) is 5.70. The number of thiophene rings is 1. The lowest BCUT2D eigenvalue weighted by molar-refractivity contribution is -0.00226. The Morgan fingerprint density at radius 3 is 2.47 bits per heavy atom. The Morgan fingerprint density at radius 2 is 1.95 bits per heavy atom. The SMILES string of the molecule is CCOC(=O)c1cc(C(=O)OC(C)(C)CC)c(N)s1. The Labute approximate surface area is 116 Å². The Hall–Kier alpha value is -1.56. The van der Waals surface area contributed by atoms with Crippen LogP contribution in [0.25, 0.3) is 0 Å². The van der Waals surface area contributed by atoms with E-state index >= 15 is 0 Å². The largest absolute Gasteiger partial charge is 0.462 e. The number of hydrogen-bond donors (Lipinski definition) is 1. The normalized spacial score (nSPS) is 11.2. The molecule has 0 aliphatic carbocycles. The van der Waals surface area contributed by atoms with Crippen LogP contribution < -0.4 is 5.73 Å². The number of rotatable bonds is 5. The first-order valence-electron chi connectivity index (χ1n) is 6.10. The molecule has 0 saturated heterocycles.